The summed E-state index contributed by atoms with van der Waals surface area (Å²) < 4.78 is 28.3. The Balaban J connectivity index is 1.78. The Labute approximate surface area is 164 Å². The number of hydrogen-bond acceptors (Lipinski definition) is 4. The molecule has 0 fully saturated rings. The lowest BCUT2D eigenvalue weighted by molar-refractivity contribution is 0.102. The van der Waals surface area contributed by atoms with Gasteiger partial charge >= 0.3 is 0 Å². The molecule has 1 aromatic heterocycles. The predicted molar refractivity (Wildman–Crippen MR) is 109 cm³/mol. The van der Waals surface area contributed by atoms with Crippen LogP contribution in [0.2, 0.25) is 0 Å². The summed E-state index contributed by atoms with van der Waals surface area (Å²) in [7, 11) is -0.437. The fourth-order valence-electron chi connectivity index (χ4n) is 2.75. The summed E-state index contributed by atoms with van der Waals surface area (Å²) >= 11 is 0. The van der Waals surface area contributed by atoms with Gasteiger partial charge in [-0.3, -0.25) is 13.8 Å². The van der Waals surface area contributed by atoms with Crippen LogP contribution in [0.3, 0.4) is 0 Å². The molecule has 2 aromatic carbocycles. The lowest BCUT2D eigenvalue weighted by atomic mass is 10.2. The second-order valence-corrected chi connectivity index (χ2v) is 8.55. The minimum atomic E-state index is -3.67. The first-order valence-corrected chi connectivity index (χ1v) is 10.1. The Bertz CT molecular complexity index is 1100. The van der Waals surface area contributed by atoms with Crippen molar-refractivity contribution in [1.82, 2.24) is 9.78 Å². The number of carbonyl (C=O) groups is 1. The molecule has 7 nitrogen and oxygen atoms in total. The highest BCUT2D eigenvalue weighted by atomic mass is 32.2. The average molecular weight is 398 g/mol. The Kier molecular flexibility index (Phi) is 5.24. The molecule has 3 rings (SSSR count). The molecule has 0 atom stereocenters. The van der Waals surface area contributed by atoms with Gasteiger partial charge in [0.25, 0.3) is 15.9 Å². The van der Waals surface area contributed by atoms with Crippen LogP contribution >= 0.6 is 0 Å². The Hall–Kier alpha value is -3.13. The van der Waals surface area contributed by atoms with E-state index in [9.17, 15) is 13.2 Å². The minimum absolute atomic E-state index is 0.217. The van der Waals surface area contributed by atoms with Crippen LogP contribution in [0.5, 0.6) is 0 Å². The van der Waals surface area contributed by atoms with Gasteiger partial charge in [0.05, 0.1) is 16.3 Å². The Morgan fingerprint density at radius 1 is 1.04 bits per heavy atom. The average Bonchev–Trinajstić information content (AvgIpc) is 2.98. The summed E-state index contributed by atoms with van der Waals surface area (Å²) in [6.45, 7) is 3.74. The number of carbonyl (C=O) groups excluding carboxylic acids is 1. The Morgan fingerprint density at radius 3 is 2.18 bits per heavy atom. The molecule has 146 valence electrons. The molecule has 8 heteroatoms. The van der Waals surface area contributed by atoms with E-state index in [4.69, 9.17) is 0 Å². The third-order valence-corrected chi connectivity index (χ3v) is 6.22. The maximum Gasteiger partial charge on any atom is 0.264 e. The van der Waals surface area contributed by atoms with Crippen LogP contribution in [-0.4, -0.2) is 31.2 Å². The first-order valence-electron chi connectivity index (χ1n) is 8.66. The predicted octanol–water partition coefficient (Wildman–Crippen LogP) is 3.11. The number of aromatic nitrogens is 2. The molecule has 0 saturated carbocycles. The van der Waals surface area contributed by atoms with E-state index in [2.05, 4.69) is 10.4 Å². The lowest BCUT2D eigenvalue weighted by Crippen LogP contribution is -2.26. The smallest absolute Gasteiger partial charge is 0.264 e. The Morgan fingerprint density at radius 2 is 1.64 bits per heavy atom. The van der Waals surface area contributed by atoms with Crippen molar-refractivity contribution in [2.75, 3.05) is 16.7 Å². The number of nitrogens with one attached hydrogen (secondary N) is 1. The van der Waals surface area contributed by atoms with Gasteiger partial charge in [-0.15, -0.1) is 0 Å². The number of benzene rings is 2. The number of sulfonamides is 1. The number of nitrogens with zero attached hydrogens (tertiary/aromatic N) is 3. The maximum atomic E-state index is 12.8. The van der Waals surface area contributed by atoms with Gasteiger partial charge in [-0.25, -0.2) is 8.42 Å². The summed E-state index contributed by atoms with van der Waals surface area (Å²) in [6.07, 6.45) is 0. The third-order valence-electron chi connectivity index (χ3n) is 4.42. The fourth-order valence-corrected chi connectivity index (χ4v) is 3.94. The van der Waals surface area contributed by atoms with Gasteiger partial charge in [-0.2, -0.15) is 5.10 Å². The van der Waals surface area contributed by atoms with Crippen molar-refractivity contribution >= 4 is 27.4 Å². The first kappa shape index (κ1) is 19.6. The number of aryl methyl sites for hydroxylation is 3. The van der Waals surface area contributed by atoms with Gasteiger partial charge in [0.1, 0.15) is 5.82 Å². The SMILES string of the molecule is Cc1ccc(S(=O)(=O)N(C)c2ccc(C(=O)Nc3cc(C)nn3C)cc2)cc1. The second kappa shape index (κ2) is 7.47. The van der Waals surface area contributed by atoms with Crippen molar-refractivity contribution < 1.29 is 13.2 Å². The van der Waals surface area contributed by atoms with Crippen molar-refractivity contribution in [3.63, 3.8) is 0 Å². The highest BCUT2D eigenvalue weighted by Crippen LogP contribution is 2.23. The number of amides is 1. The van der Waals surface area contributed by atoms with E-state index in [1.54, 1.807) is 66.3 Å². The molecule has 0 aliphatic heterocycles. The molecule has 1 heterocycles. The van der Waals surface area contributed by atoms with E-state index < -0.39 is 10.0 Å². The molecule has 0 aliphatic carbocycles. The molecule has 0 radical (unpaired) electrons. The molecule has 28 heavy (non-hydrogen) atoms. The normalized spacial score (nSPS) is 11.3. The molecule has 0 saturated heterocycles. The van der Waals surface area contributed by atoms with Crippen molar-refractivity contribution in [3.05, 3.63) is 71.4 Å². The van der Waals surface area contributed by atoms with Gasteiger partial charge < -0.3 is 5.32 Å². The number of hydrogen-bond donors (Lipinski definition) is 1. The van der Waals surface area contributed by atoms with Crippen LogP contribution in [0.25, 0.3) is 0 Å². The third kappa shape index (κ3) is 3.91. The fraction of sp³-hybridized carbons (Fsp3) is 0.200. The van der Waals surface area contributed by atoms with E-state index in [1.165, 1.54) is 11.4 Å². The van der Waals surface area contributed by atoms with Gasteiger partial charge in [-0.1, -0.05) is 17.7 Å². The van der Waals surface area contributed by atoms with E-state index >= 15 is 0 Å². The molecule has 0 unspecified atom stereocenters. The zero-order valence-corrected chi connectivity index (χ0v) is 17.0. The van der Waals surface area contributed by atoms with Crippen LogP contribution in [0, 0.1) is 13.8 Å². The van der Waals surface area contributed by atoms with Crippen LogP contribution < -0.4 is 9.62 Å². The van der Waals surface area contributed by atoms with Crippen LogP contribution in [0.4, 0.5) is 11.5 Å². The van der Waals surface area contributed by atoms with Crippen molar-refractivity contribution in [1.29, 1.82) is 0 Å². The van der Waals surface area contributed by atoms with Crippen LogP contribution in [-0.2, 0) is 17.1 Å². The highest BCUT2D eigenvalue weighted by molar-refractivity contribution is 7.92. The zero-order valence-electron chi connectivity index (χ0n) is 16.2. The summed E-state index contributed by atoms with van der Waals surface area (Å²) in [4.78, 5) is 12.6. The number of rotatable bonds is 5. The van der Waals surface area contributed by atoms with Crippen molar-refractivity contribution in [2.24, 2.45) is 7.05 Å². The lowest BCUT2D eigenvalue weighted by Gasteiger charge is -2.20. The quantitative estimate of drug-likeness (QED) is 0.716. The molecule has 1 amide bonds. The van der Waals surface area contributed by atoms with Gasteiger partial charge in [0, 0.05) is 25.7 Å². The van der Waals surface area contributed by atoms with Crippen molar-refractivity contribution in [3.8, 4) is 0 Å². The largest absolute Gasteiger partial charge is 0.307 e. The molecular weight excluding hydrogens is 376 g/mol. The van der Waals surface area contributed by atoms with E-state index in [1.807, 2.05) is 13.8 Å². The molecular formula is C20H22N4O3S. The van der Waals surface area contributed by atoms with Crippen molar-refractivity contribution in [2.45, 2.75) is 18.7 Å². The monoisotopic (exact) mass is 398 g/mol. The van der Waals surface area contributed by atoms with E-state index in [-0.39, 0.29) is 10.8 Å². The van der Waals surface area contributed by atoms with Gasteiger partial charge in [0.15, 0.2) is 0 Å². The van der Waals surface area contributed by atoms with Gasteiger partial charge in [0.2, 0.25) is 0 Å². The molecule has 0 spiro atoms. The van der Waals surface area contributed by atoms with Crippen LogP contribution in [0.15, 0.2) is 59.5 Å². The number of anilines is 2. The summed E-state index contributed by atoms with van der Waals surface area (Å²) in [5.41, 5.74) is 2.67. The highest BCUT2D eigenvalue weighted by Gasteiger charge is 2.21. The molecule has 1 N–H and O–H groups in total. The zero-order chi connectivity index (χ0) is 20.5. The maximum absolute atomic E-state index is 12.8. The standard InChI is InChI=1S/C20H22N4O3S/c1-14-5-11-18(12-6-14)28(26,27)24(4)17-9-7-16(8-10-17)20(25)21-19-13-15(2)22-23(19)3/h5-13H,1-4H3,(H,21,25). The molecule has 3 aromatic rings. The summed E-state index contributed by atoms with van der Waals surface area (Å²) in [5.74, 6) is 0.296. The molecule has 0 bridgehead atoms. The van der Waals surface area contributed by atoms with E-state index in [0.717, 1.165) is 11.3 Å². The topological polar surface area (TPSA) is 84.3 Å². The summed E-state index contributed by atoms with van der Waals surface area (Å²) in [6, 6.07) is 14.9. The van der Waals surface area contributed by atoms with Gasteiger partial charge in [-0.05, 0) is 50.2 Å². The first-order chi connectivity index (χ1) is 13.2. The molecule has 0 aliphatic rings. The van der Waals surface area contributed by atoms with E-state index in [0.29, 0.717) is 17.1 Å². The summed E-state index contributed by atoms with van der Waals surface area (Å²) in [5, 5.41) is 6.97. The van der Waals surface area contributed by atoms with Crippen LogP contribution in [0.1, 0.15) is 21.6 Å². The minimum Gasteiger partial charge on any atom is -0.307 e. The second-order valence-electron chi connectivity index (χ2n) is 6.58.